The normalized spacial score (nSPS) is 11.5. The number of benzene rings is 1. The maximum Gasteiger partial charge on any atom is 0.198 e. The van der Waals surface area contributed by atoms with Gasteiger partial charge in [-0.3, -0.25) is 0 Å². The van der Waals surface area contributed by atoms with Gasteiger partial charge in [0.1, 0.15) is 5.75 Å². The minimum absolute atomic E-state index is 0.589. The summed E-state index contributed by atoms with van der Waals surface area (Å²) in [5.41, 5.74) is 3.34. The summed E-state index contributed by atoms with van der Waals surface area (Å²) in [5.74, 6) is 2.07. The zero-order valence-corrected chi connectivity index (χ0v) is 14.8. The molecule has 0 saturated heterocycles. The summed E-state index contributed by atoms with van der Waals surface area (Å²) in [6, 6.07) is 13.6. The van der Waals surface area contributed by atoms with Gasteiger partial charge in [-0.15, -0.1) is 5.10 Å². The Morgan fingerprint density at radius 1 is 0.923 bits per heavy atom. The van der Waals surface area contributed by atoms with Crippen molar-refractivity contribution in [2.24, 2.45) is 0 Å². The lowest BCUT2D eigenvalue weighted by molar-refractivity contribution is 0.416. The number of hydrogen-bond donors (Lipinski definition) is 0. The van der Waals surface area contributed by atoms with Crippen molar-refractivity contribution in [1.82, 2.24) is 19.6 Å². The van der Waals surface area contributed by atoms with Gasteiger partial charge in [0.2, 0.25) is 0 Å². The van der Waals surface area contributed by atoms with Gasteiger partial charge in [0.15, 0.2) is 17.2 Å². The molecule has 0 radical (unpaired) electrons. The second-order valence-electron chi connectivity index (χ2n) is 5.85. The van der Waals surface area contributed by atoms with E-state index in [-0.39, 0.29) is 0 Å². The van der Waals surface area contributed by atoms with Crippen molar-refractivity contribution in [2.45, 2.75) is 6.92 Å². The van der Waals surface area contributed by atoms with Gasteiger partial charge in [0.25, 0.3) is 0 Å². The Hall–Kier alpha value is -3.41. The highest BCUT2D eigenvalue weighted by atomic mass is 16.5. The van der Waals surface area contributed by atoms with Crippen LogP contribution in [0.1, 0.15) is 17.2 Å². The van der Waals surface area contributed by atoms with Crippen LogP contribution >= 0.6 is 0 Å². The zero-order valence-electron chi connectivity index (χ0n) is 14.8. The predicted molar refractivity (Wildman–Crippen MR) is 101 cm³/mol. The number of fused-ring (bicyclic) bond motifs is 2. The number of aryl methyl sites for hydroxylation is 1. The van der Waals surface area contributed by atoms with Crippen LogP contribution < -0.4 is 9.47 Å². The van der Waals surface area contributed by atoms with E-state index in [4.69, 9.17) is 9.47 Å². The van der Waals surface area contributed by atoms with Crippen molar-refractivity contribution in [2.75, 3.05) is 14.2 Å². The molecule has 0 atom stereocenters. The Labute approximate surface area is 150 Å². The van der Waals surface area contributed by atoms with Crippen LogP contribution in [0.15, 0.2) is 42.5 Å². The number of aromatic nitrogens is 4. The molecule has 0 bridgehead atoms. The van der Waals surface area contributed by atoms with Gasteiger partial charge in [-0.1, -0.05) is 12.1 Å². The molecular weight excluding hydrogens is 328 g/mol. The standard InChI is InChI=1S/C20H18N4O2/c1-13-8-10-17(25-2)20-22-19(23-24(13)20)11-9-14-12-18(26-3)15-6-4-5-7-16(15)21-14/h4-12H,1-3H3. The molecule has 0 aliphatic rings. The minimum atomic E-state index is 0.589. The van der Waals surface area contributed by atoms with E-state index in [1.54, 1.807) is 18.7 Å². The van der Waals surface area contributed by atoms with Crippen molar-refractivity contribution in [3.63, 3.8) is 0 Å². The smallest absolute Gasteiger partial charge is 0.198 e. The van der Waals surface area contributed by atoms with E-state index >= 15 is 0 Å². The average Bonchev–Trinajstić information content (AvgIpc) is 3.11. The lowest BCUT2D eigenvalue weighted by Crippen LogP contribution is -1.95. The maximum absolute atomic E-state index is 5.49. The second-order valence-corrected chi connectivity index (χ2v) is 5.85. The largest absolute Gasteiger partial charge is 0.496 e. The second kappa shape index (κ2) is 6.48. The van der Waals surface area contributed by atoms with Crippen molar-refractivity contribution in [1.29, 1.82) is 0 Å². The lowest BCUT2D eigenvalue weighted by atomic mass is 10.2. The van der Waals surface area contributed by atoms with Crippen molar-refractivity contribution < 1.29 is 9.47 Å². The van der Waals surface area contributed by atoms with E-state index < -0.39 is 0 Å². The SMILES string of the molecule is COc1cc(C=Cc2nc3c(OC)ccc(C)n3n2)nc2ccccc12. The average molecular weight is 346 g/mol. The molecule has 0 unspecified atom stereocenters. The quantitative estimate of drug-likeness (QED) is 0.563. The highest BCUT2D eigenvalue weighted by Crippen LogP contribution is 2.26. The third kappa shape index (κ3) is 2.75. The summed E-state index contributed by atoms with van der Waals surface area (Å²) in [4.78, 5) is 9.20. The van der Waals surface area contributed by atoms with Gasteiger partial charge >= 0.3 is 0 Å². The predicted octanol–water partition coefficient (Wildman–Crippen LogP) is 3.77. The summed E-state index contributed by atoms with van der Waals surface area (Å²) in [6.07, 6.45) is 3.72. The summed E-state index contributed by atoms with van der Waals surface area (Å²) < 4.78 is 12.6. The van der Waals surface area contributed by atoms with Crippen LogP contribution in [0.25, 0.3) is 28.7 Å². The Bertz CT molecular complexity index is 1130. The molecule has 6 heteroatoms. The van der Waals surface area contributed by atoms with E-state index in [0.717, 1.165) is 28.0 Å². The summed E-state index contributed by atoms with van der Waals surface area (Å²) in [5, 5.41) is 5.51. The molecule has 4 aromatic rings. The van der Waals surface area contributed by atoms with Gasteiger partial charge in [-0.25, -0.2) is 14.5 Å². The van der Waals surface area contributed by atoms with Gasteiger partial charge in [0, 0.05) is 17.1 Å². The third-order valence-corrected chi connectivity index (χ3v) is 4.19. The lowest BCUT2D eigenvalue weighted by Gasteiger charge is -2.06. The van der Waals surface area contributed by atoms with Crippen LogP contribution in [0.4, 0.5) is 0 Å². The number of pyridine rings is 2. The number of nitrogens with zero attached hydrogens (tertiary/aromatic N) is 4. The van der Waals surface area contributed by atoms with Crippen LogP contribution in [0.2, 0.25) is 0 Å². The molecule has 3 aromatic heterocycles. The van der Waals surface area contributed by atoms with Crippen LogP contribution in [0.5, 0.6) is 11.5 Å². The molecule has 0 aliphatic heterocycles. The van der Waals surface area contributed by atoms with Crippen LogP contribution in [0, 0.1) is 6.92 Å². The fraction of sp³-hybridized carbons (Fsp3) is 0.150. The number of hydrogen-bond acceptors (Lipinski definition) is 5. The molecule has 130 valence electrons. The Kier molecular flexibility index (Phi) is 4.01. The molecule has 0 aliphatic carbocycles. The minimum Gasteiger partial charge on any atom is -0.496 e. The topological polar surface area (TPSA) is 61.5 Å². The molecule has 1 aromatic carbocycles. The number of para-hydroxylation sites is 1. The molecular formula is C20H18N4O2. The number of ether oxygens (including phenoxy) is 2. The van der Waals surface area contributed by atoms with E-state index in [2.05, 4.69) is 15.1 Å². The first kappa shape index (κ1) is 16.1. The molecule has 3 heterocycles. The first-order chi connectivity index (χ1) is 12.7. The third-order valence-electron chi connectivity index (χ3n) is 4.19. The van der Waals surface area contributed by atoms with E-state index in [1.807, 2.05) is 61.5 Å². The molecule has 4 rings (SSSR count). The molecule has 0 fully saturated rings. The molecule has 26 heavy (non-hydrogen) atoms. The van der Waals surface area contributed by atoms with Crippen LogP contribution in [-0.2, 0) is 0 Å². The van der Waals surface area contributed by atoms with Crippen LogP contribution in [-0.4, -0.2) is 33.8 Å². The molecule has 0 N–H and O–H groups in total. The summed E-state index contributed by atoms with van der Waals surface area (Å²) in [7, 11) is 3.29. The molecule has 6 nitrogen and oxygen atoms in total. The van der Waals surface area contributed by atoms with Gasteiger partial charge in [0.05, 0.1) is 25.4 Å². The molecule has 0 saturated carbocycles. The maximum atomic E-state index is 5.49. The highest BCUT2D eigenvalue weighted by Gasteiger charge is 2.09. The first-order valence-electron chi connectivity index (χ1n) is 8.22. The van der Waals surface area contributed by atoms with Crippen molar-refractivity contribution in [3.05, 3.63) is 59.7 Å². The van der Waals surface area contributed by atoms with Gasteiger partial charge < -0.3 is 9.47 Å². The van der Waals surface area contributed by atoms with Crippen LogP contribution in [0.3, 0.4) is 0 Å². The molecule has 0 spiro atoms. The Balaban J connectivity index is 1.75. The Morgan fingerprint density at radius 2 is 1.73 bits per heavy atom. The monoisotopic (exact) mass is 346 g/mol. The number of rotatable bonds is 4. The van der Waals surface area contributed by atoms with Gasteiger partial charge in [-0.2, -0.15) is 0 Å². The summed E-state index contributed by atoms with van der Waals surface area (Å²) in [6.45, 7) is 1.98. The zero-order chi connectivity index (χ0) is 18.1. The van der Waals surface area contributed by atoms with E-state index in [1.165, 1.54) is 0 Å². The Morgan fingerprint density at radius 3 is 2.54 bits per heavy atom. The van der Waals surface area contributed by atoms with Crippen molar-refractivity contribution >= 4 is 28.7 Å². The van der Waals surface area contributed by atoms with E-state index in [9.17, 15) is 0 Å². The highest BCUT2D eigenvalue weighted by molar-refractivity contribution is 5.86. The fourth-order valence-corrected chi connectivity index (χ4v) is 2.88. The van der Waals surface area contributed by atoms with E-state index in [0.29, 0.717) is 17.2 Å². The summed E-state index contributed by atoms with van der Waals surface area (Å²) >= 11 is 0. The fourth-order valence-electron chi connectivity index (χ4n) is 2.88. The van der Waals surface area contributed by atoms with Gasteiger partial charge in [-0.05, 0) is 43.3 Å². The number of methoxy groups -OCH3 is 2. The first-order valence-corrected chi connectivity index (χ1v) is 8.22. The van der Waals surface area contributed by atoms with Crippen molar-refractivity contribution in [3.8, 4) is 11.5 Å². The molecule has 0 amide bonds.